The van der Waals surface area contributed by atoms with Gasteiger partial charge >= 0.3 is 5.69 Å². The molecule has 0 aliphatic heterocycles. The Morgan fingerprint density at radius 2 is 1.93 bits per heavy atom. The number of rotatable bonds is 6. The number of benzene rings is 1. The van der Waals surface area contributed by atoms with Crippen LogP contribution in [0.1, 0.15) is 0 Å². The maximum Gasteiger partial charge on any atom is 0.332 e. The Kier molecular flexibility index (Phi) is 5.71. The van der Waals surface area contributed by atoms with Crippen LogP contribution in [0.5, 0.6) is 0 Å². The van der Waals surface area contributed by atoms with E-state index >= 15 is 0 Å². The number of fused-ring (bicyclic) bond motifs is 1. The number of nitrogens with one attached hydrogen (secondary N) is 1. The van der Waals surface area contributed by atoms with Crippen LogP contribution in [0.3, 0.4) is 0 Å². The van der Waals surface area contributed by atoms with Gasteiger partial charge in [0.1, 0.15) is 6.54 Å². The number of amides is 1. The molecule has 0 unspecified atom stereocenters. The van der Waals surface area contributed by atoms with Gasteiger partial charge in [-0.2, -0.15) is 0 Å². The van der Waals surface area contributed by atoms with Gasteiger partial charge in [-0.1, -0.05) is 11.6 Å². The fraction of sp³-hybridized carbons (Fsp3) is 0.294. The van der Waals surface area contributed by atoms with E-state index in [1.165, 1.54) is 22.5 Å². The van der Waals surface area contributed by atoms with Crippen molar-refractivity contribution in [2.24, 2.45) is 14.1 Å². The van der Waals surface area contributed by atoms with E-state index < -0.39 is 17.2 Å². The van der Waals surface area contributed by atoms with Gasteiger partial charge in [0.15, 0.2) is 11.2 Å². The van der Waals surface area contributed by atoms with Crippen LogP contribution in [0.2, 0.25) is 5.02 Å². The van der Waals surface area contributed by atoms with Gasteiger partial charge in [-0.3, -0.25) is 14.2 Å². The van der Waals surface area contributed by atoms with E-state index in [1.54, 1.807) is 30.9 Å². The number of thioether (sulfide) groups is 1. The number of hydrogen-bond donors (Lipinski definition) is 1. The van der Waals surface area contributed by atoms with Crippen LogP contribution >= 0.6 is 23.4 Å². The minimum absolute atomic E-state index is 0.281. The topological polar surface area (TPSA) is 90.9 Å². The van der Waals surface area contributed by atoms with Crippen LogP contribution in [0.4, 0.5) is 0 Å². The lowest BCUT2D eigenvalue weighted by Crippen LogP contribution is -2.43. The molecule has 1 N–H and O–H groups in total. The number of carbonyl (C=O) groups excluding carboxylic acids is 1. The Morgan fingerprint density at radius 1 is 1.22 bits per heavy atom. The third-order valence-corrected chi connectivity index (χ3v) is 5.28. The van der Waals surface area contributed by atoms with Crippen LogP contribution < -0.4 is 16.6 Å². The monoisotopic (exact) mass is 407 g/mol. The van der Waals surface area contributed by atoms with Gasteiger partial charge in [0.25, 0.3) is 5.56 Å². The zero-order valence-corrected chi connectivity index (χ0v) is 16.4. The molecule has 3 rings (SSSR count). The molecule has 0 bridgehead atoms. The van der Waals surface area contributed by atoms with Gasteiger partial charge in [0.05, 0.1) is 6.33 Å². The first-order valence-corrected chi connectivity index (χ1v) is 9.50. The summed E-state index contributed by atoms with van der Waals surface area (Å²) in [4.78, 5) is 42.2. The molecule has 0 spiro atoms. The molecule has 3 aromatic rings. The van der Waals surface area contributed by atoms with Gasteiger partial charge in [0.2, 0.25) is 5.91 Å². The molecule has 1 aromatic carbocycles. The fourth-order valence-corrected chi connectivity index (χ4v) is 3.52. The normalized spacial score (nSPS) is 11.1. The van der Waals surface area contributed by atoms with E-state index in [1.807, 2.05) is 12.1 Å². The first-order valence-electron chi connectivity index (χ1n) is 8.14. The molecule has 0 aliphatic rings. The molecule has 1 amide bonds. The van der Waals surface area contributed by atoms with Crippen molar-refractivity contribution in [2.45, 2.75) is 11.4 Å². The largest absolute Gasteiger partial charge is 0.354 e. The van der Waals surface area contributed by atoms with Crippen LogP contribution in [-0.4, -0.2) is 36.9 Å². The second-order valence-corrected chi connectivity index (χ2v) is 7.52. The highest BCUT2D eigenvalue weighted by Crippen LogP contribution is 2.19. The second-order valence-electron chi connectivity index (χ2n) is 5.91. The number of nitrogens with zero attached hydrogens (tertiary/aromatic N) is 4. The maximum absolute atomic E-state index is 12.6. The SMILES string of the molecule is Cn1cnc2c1c(=O)n(CC(=O)NCCSc1ccc(Cl)cc1)c(=O)n2C. The lowest BCUT2D eigenvalue weighted by atomic mass is 10.4. The molecule has 0 aliphatic carbocycles. The molecule has 142 valence electrons. The van der Waals surface area contributed by atoms with Crippen LogP contribution in [0.15, 0.2) is 45.1 Å². The summed E-state index contributed by atoms with van der Waals surface area (Å²) >= 11 is 7.41. The zero-order chi connectivity index (χ0) is 19.6. The van der Waals surface area contributed by atoms with Crippen molar-refractivity contribution in [2.75, 3.05) is 12.3 Å². The zero-order valence-electron chi connectivity index (χ0n) is 14.8. The van der Waals surface area contributed by atoms with Crippen molar-refractivity contribution in [1.29, 1.82) is 0 Å². The van der Waals surface area contributed by atoms with Crippen LogP contribution in [-0.2, 0) is 25.4 Å². The predicted octanol–water partition coefficient (Wildman–Crippen LogP) is 0.996. The average molecular weight is 408 g/mol. The molecule has 0 atom stereocenters. The maximum atomic E-state index is 12.6. The van der Waals surface area contributed by atoms with Crippen molar-refractivity contribution < 1.29 is 4.79 Å². The molecule has 0 saturated carbocycles. The van der Waals surface area contributed by atoms with Crippen molar-refractivity contribution in [3.8, 4) is 0 Å². The minimum Gasteiger partial charge on any atom is -0.354 e. The van der Waals surface area contributed by atoms with E-state index in [4.69, 9.17) is 11.6 Å². The van der Waals surface area contributed by atoms with E-state index in [0.717, 1.165) is 9.46 Å². The van der Waals surface area contributed by atoms with E-state index in [9.17, 15) is 14.4 Å². The molecule has 2 aromatic heterocycles. The number of imidazole rings is 1. The molecule has 10 heteroatoms. The lowest BCUT2D eigenvalue weighted by molar-refractivity contribution is -0.121. The Bertz CT molecular complexity index is 1100. The molecule has 8 nitrogen and oxygen atoms in total. The Hall–Kier alpha value is -2.52. The van der Waals surface area contributed by atoms with E-state index in [-0.39, 0.29) is 12.1 Å². The first kappa shape index (κ1) is 19.2. The molecule has 2 heterocycles. The second kappa shape index (κ2) is 8.01. The molecule has 0 radical (unpaired) electrons. The van der Waals surface area contributed by atoms with Gasteiger partial charge in [-0.05, 0) is 24.3 Å². The highest BCUT2D eigenvalue weighted by atomic mass is 35.5. The van der Waals surface area contributed by atoms with Crippen molar-refractivity contribution in [3.05, 3.63) is 56.5 Å². The first-order chi connectivity index (χ1) is 12.9. The summed E-state index contributed by atoms with van der Waals surface area (Å²) in [6, 6.07) is 7.42. The summed E-state index contributed by atoms with van der Waals surface area (Å²) in [5.74, 6) is 0.258. The van der Waals surface area contributed by atoms with E-state index in [2.05, 4.69) is 10.3 Å². The van der Waals surface area contributed by atoms with E-state index in [0.29, 0.717) is 23.0 Å². The van der Waals surface area contributed by atoms with Gasteiger partial charge < -0.3 is 9.88 Å². The van der Waals surface area contributed by atoms with Gasteiger partial charge in [-0.15, -0.1) is 11.8 Å². The third kappa shape index (κ3) is 4.09. The molecular formula is C17H18ClN5O3S. The Balaban J connectivity index is 1.64. The summed E-state index contributed by atoms with van der Waals surface area (Å²) in [7, 11) is 3.19. The predicted molar refractivity (Wildman–Crippen MR) is 105 cm³/mol. The quantitative estimate of drug-likeness (QED) is 0.486. The highest BCUT2D eigenvalue weighted by Gasteiger charge is 2.16. The van der Waals surface area contributed by atoms with Crippen LogP contribution in [0.25, 0.3) is 11.2 Å². The Labute approximate surface area is 163 Å². The molecule has 0 saturated heterocycles. The third-order valence-electron chi connectivity index (χ3n) is 4.01. The van der Waals surface area contributed by atoms with Crippen molar-refractivity contribution >= 4 is 40.4 Å². The van der Waals surface area contributed by atoms with Gasteiger partial charge in [-0.25, -0.2) is 14.3 Å². The number of hydrogen-bond acceptors (Lipinski definition) is 5. The summed E-state index contributed by atoms with van der Waals surface area (Å²) in [5, 5.41) is 3.40. The fourth-order valence-electron chi connectivity index (χ4n) is 2.63. The number of aryl methyl sites for hydroxylation is 2. The van der Waals surface area contributed by atoms with Gasteiger partial charge in [0, 0.05) is 36.3 Å². The number of halogens is 1. The minimum atomic E-state index is -0.572. The smallest absolute Gasteiger partial charge is 0.332 e. The summed E-state index contributed by atoms with van der Waals surface area (Å²) in [5.41, 5.74) is -0.526. The average Bonchev–Trinajstić information content (AvgIpc) is 3.04. The standard InChI is InChI=1S/C17H18ClN5O3S/c1-21-10-20-15-14(21)16(25)23(17(26)22(15)2)9-13(24)19-7-8-27-12-5-3-11(18)4-6-12/h3-6,10H,7-9H2,1-2H3,(H,19,24). The number of aromatic nitrogens is 4. The lowest BCUT2D eigenvalue weighted by Gasteiger charge is -2.09. The van der Waals surface area contributed by atoms with Crippen molar-refractivity contribution in [1.82, 2.24) is 24.0 Å². The van der Waals surface area contributed by atoms with Crippen molar-refractivity contribution in [3.63, 3.8) is 0 Å². The summed E-state index contributed by atoms with van der Waals surface area (Å²) in [6.45, 7) is 0.0768. The summed E-state index contributed by atoms with van der Waals surface area (Å²) in [6.07, 6.45) is 1.46. The molecular weight excluding hydrogens is 390 g/mol. The molecule has 0 fully saturated rings. The number of carbonyl (C=O) groups is 1. The molecule has 27 heavy (non-hydrogen) atoms. The summed E-state index contributed by atoms with van der Waals surface area (Å²) < 4.78 is 3.72. The van der Waals surface area contributed by atoms with Crippen LogP contribution in [0, 0.1) is 0 Å². The Morgan fingerprint density at radius 3 is 2.63 bits per heavy atom. The highest BCUT2D eigenvalue weighted by molar-refractivity contribution is 7.99.